The van der Waals surface area contributed by atoms with Crippen LogP contribution in [-0.4, -0.2) is 11.1 Å². The number of carboxylic acid groups (broad SMARTS) is 1. The Morgan fingerprint density at radius 3 is 2.44 bits per heavy atom. The van der Waals surface area contributed by atoms with Crippen molar-refractivity contribution in [3.63, 3.8) is 0 Å². The Balaban J connectivity index is 2.70. The normalized spacial score (nSPS) is 10.4. The number of halogens is 3. The number of hydrogen-bond acceptors (Lipinski definition) is 1. The molecule has 2 aromatic carbocycles. The van der Waals surface area contributed by atoms with Crippen LogP contribution in [-0.2, 0) is 0 Å². The summed E-state index contributed by atoms with van der Waals surface area (Å²) in [4.78, 5) is 11.1. The first kappa shape index (κ1) is 12.7. The Bertz CT molecular complexity index is 626. The fraction of sp³-hybridized carbons (Fsp3) is 0. The third-order valence-corrected chi connectivity index (χ3v) is 2.92. The van der Waals surface area contributed by atoms with Crippen molar-refractivity contribution in [1.82, 2.24) is 0 Å². The van der Waals surface area contributed by atoms with E-state index in [4.69, 9.17) is 5.11 Å². The summed E-state index contributed by atoms with van der Waals surface area (Å²) in [6, 6.07) is 7.29. The maximum atomic E-state index is 13.6. The molecule has 0 atom stereocenters. The molecule has 18 heavy (non-hydrogen) atoms. The van der Waals surface area contributed by atoms with Crippen molar-refractivity contribution in [2.75, 3.05) is 0 Å². The van der Waals surface area contributed by atoms with Crippen LogP contribution in [0.3, 0.4) is 0 Å². The van der Waals surface area contributed by atoms with Crippen LogP contribution in [0.15, 0.2) is 40.9 Å². The molecule has 0 fully saturated rings. The lowest BCUT2D eigenvalue weighted by molar-refractivity contribution is 0.0697. The Morgan fingerprint density at radius 2 is 1.78 bits per heavy atom. The van der Waals surface area contributed by atoms with Gasteiger partial charge in [-0.1, -0.05) is 22.0 Å². The molecule has 0 amide bonds. The highest BCUT2D eigenvalue weighted by atomic mass is 79.9. The molecule has 0 aliphatic carbocycles. The minimum atomic E-state index is -1.20. The van der Waals surface area contributed by atoms with Gasteiger partial charge in [-0.15, -0.1) is 0 Å². The van der Waals surface area contributed by atoms with E-state index >= 15 is 0 Å². The van der Waals surface area contributed by atoms with Gasteiger partial charge in [0.15, 0.2) is 0 Å². The molecule has 0 spiro atoms. The Kier molecular flexibility index (Phi) is 3.43. The van der Waals surface area contributed by atoms with E-state index in [9.17, 15) is 13.6 Å². The molecule has 0 radical (unpaired) electrons. The second-order valence-corrected chi connectivity index (χ2v) is 4.53. The molecule has 0 unspecified atom stereocenters. The zero-order chi connectivity index (χ0) is 13.3. The highest BCUT2D eigenvalue weighted by Gasteiger charge is 2.15. The Labute approximate surface area is 110 Å². The molecule has 92 valence electrons. The van der Waals surface area contributed by atoms with Crippen LogP contribution < -0.4 is 0 Å². The third-order valence-electron chi connectivity index (χ3n) is 2.43. The molecular weight excluding hydrogens is 306 g/mol. The van der Waals surface area contributed by atoms with Crippen LogP contribution in [0.5, 0.6) is 0 Å². The number of rotatable bonds is 2. The first-order chi connectivity index (χ1) is 8.49. The molecule has 2 nitrogen and oxygen atoms in total. The highest BCUT2D eigenvalue weighted by molar-refractivity contribution is 9.10. The summed E-state index contributed by atoms with van der Waals surface area (Å²) in [6.45, 7) is 0. The van der Waals surface area contributed by atoms with Gasteiger partial charge < -0.3 is 5.11 Å². The van der Waals surface area contributed by atoms with Gasteiger partial charge in [-0.25, -0.2) is 13.6 Å². The summed E-state index contributed by atoms with van der Waals surface area (Å²) >= 11 is 3.14. The van der Waals surface area contributed by atoms with Gasteiger partial charge in [0.2, 0.25) is 0 Å². The van der Waals surface area contributed by atoms with E-state index in [0.717, 1.165) is 18.2 Å². The van der Waals surface area contributed by atoms with Crippen LogP contribution >= 0.6 is 15.9 Å². The standard InChI is InChI=1S/C13H7BrF2O2/c14-7-1-3-9(11(5-7)13(17)18)10-6-8(15)2-4-12(10)16/h1-6H,(H,17,18). The van der Waals surface area contributed by atoms with E-state index in [1.807, 2.05) is 0 Å². The van der Waals surface area contributed by atoms with Crippen LogP contribution in [0.4, 0.5) is 8.78 Å². The van der Waals surface area contributed by atoms with E-state index in [-0.39, 0.29) is 16.7 Å². The number of hydrogen-bond donors (Lipinski definition) is 1. The lowest BCUT2D eigenvalue weighted by Gasteiger charge is -2.08. The molecular formula is C13H7BrF2O2. The molecule has 2 rings (SSSR count). The number of carboxylic acids is 1. The van der Waals surface area contributed by atoms with Crippen molar-refractivity contribution >= 4 is 21.9 Å². The maximum absolute atomic E-state index is 13.6. The molecule has 0 saturated heterocycles. The van der Waals surface area contributed by atoms with E-state index in [0.29, 0.717) is 4.47 Å². The van der Waals surface area contributed by atoms with Gasteiger partial charge in [0, 0.05) is 10.0 Å². The third kappa shape index (κ3) is 2.41. The molecule has 0 bridgehead atoms. The smallest absolute Gasteiger partial charge is 0.336 e. The number of benzene rings is 2. The van der Waals surface area contributed by atoms with Crippen molar-refractivity contribution in [2.24, 2.45) is 0 Å². The SMILES string of the molecule is O=C(O)c1cc(Br)ccc1-c1cc(F)ccc1F. The van der Waals surface area contributed by atoms with Crippen LogP contribution in [0, 0.1) is 11.6 Å². The maximum Gasteiger partial charge on any atom is 0.336 e. The van der Waals surface area contributed by atoms with Crippen molar-refractivity contribution in [3.05, 3.63) is 58.1 Å². The van der Waals surface area contributed by atoms with Crippen molar-refractivity contribution in [1.29, 1.82) is 0 Å². The lowest BCUT2D eigenvalue weighted by Crippen LogP contribution is -2.01. The van der Waals surface area contributed by atoms with Crippen LogP contribution in [0.25, 0.3) is 11.1 Å². The molecule has 0 aromatic heterocycles. The van der Waals surface area contributed by atoms with E-state index < -0.39 is 17.6 Å². The monoisotopic (exact) mass is 312 g/mol. The first-order valence-corrected chi connectivity index (χ1v) is 5.76. The van der Waals surface area contributed by atoms with E-state index in [1.54, 1.807) is 6.07 Å². The topological polar surface area (TPSA) is 37.3 Å². The fourth-order valence-corrected chi connectivity index (χ4v) is 1.99. The molecule has 0 aliphatic heterocycles. The lowest BCUT2D eigenvalue weighted by atomic mass is 9.99. The second kappa shape index (κ2) is 4.86. The van der Waals surface area contributed by atoms with Gasteiger partial charge in [-0.05, 0) is 35.9 Å². The van der Waals surface area contributed by atoms with Gasteiger partial charge in [0.05, 0.1) is 5.56 Å². The van der Waals surface area contributed by atoms with Crippen LogP contribution in [0.1, 0.15) is 10.4 Å². The first-order valence-electron chi connectivity index (χ1n) is 4.97. The summed E-state index contributed by atoms with van der Waals surface area (Å²) in [5, 5.41) is 9.07. The molecule has 2 aromatic rings. The van der Waals surface area contributed by atoms with Crippen molar-refractivity contribution < 1.29 is 18.7 Å². The van der Waals surface area contributed by atoms with E-state index in [2.05, 4.69) is 15.9 Å². The summed E-state index contributed by atoms with van der Waals surface area (Å²) in [7, 11) is 0. The number of carbonyl (C=O) groups is 1. The second-order valence-electron chi connectivity index (χ2n) is 3.62. The molecule has 0 aliphatic rings. The zero-order valence-electron chi connectivity index (χ0n) is 8.95. The Hall–Kier alpha value is -1.75. The molecule has 0 saturated carbocycles. The summed E-state index contributed by atoms with van der Waals surface area (Å²) < 4.78 is 27.3. The highest BCUT2D eigenvalue weighted by Crippen LogP contribution is 2.29. The minimum absolute atomic E-state index is 0.0695. The van der Waals surface area contributed by atoms with Gasteiger partial charge in [-0.2, -0.15) is 0 Å². The van der Waals surface area contributed by atoms with Crippen LogP contribution in [0.2, 0.25) is 0 Å². The minimum Gasteiger partial charge on any atom is -0.478 e. The van der Waals surface area contributed by atoms with Gasteiger partial charge in [-0.3, -0.25) is 0 Å². The molecule has 0 heterocycles. The number of aromatic carboxylic acids is 1. The summed E-state index contributed by atoms with van der Waals surface area (Å²) in [5.74, 6) is -2.48. The fourth-order valence-electron chi connectivity index (χ4n) is 1.63. The molecule has 1 N–H and O–H groups in total. The van der Waals surface area contributed by atoms with Gasteiger partial charge in [0.25, 0.3) is 0 Å². The Morgan fingerprint density at radius 1 is 1.06 bits per heavy atom. The van der Waals surface area contributed by atoms with Crippen molar-refractivity contribution in [2.45, 2.75) is 0 Å². The largest absolute Gasteiger partial charge is 0.478 e. The van der Waals surface area contributed by atoms with Gasteiger partial charge >= 0.3 is 5.97 Å². The van der Waals surface area contributed by atoms with E-state index in [1.165, 1.54) is 12.1 Å². The summed E-state index contributed by atoms with van der Waals surface area (Å²) in [6.07, 6.45) is 0. The predicted octanol–water partition coefficient (Wildman–Crippen LogP) is 4.09. The summed E-state index contributed by atoms with van der Waals surface area (Å²) in [5.41, 5.74) is -0.0172. The predicted molar refractivity (Wildman–Crippen MR) is 66.5 cm³/mol. The van der Waals surface area contributed by atoms with Gasteiger partial charge in [0.1, 0.15) is 11.6 Å². The zero-order valence-corrected chi connectivity index (χ0v) is 10.5. The average molecular weight is 313 g/mol. The quantitative estimate of drug-likeness (QED) is 0.906. The van der Waals surface area contributed by atoms with Crippen molar-refractivity contribution in [3.8, 4) is 11.1 Å². The molecule has 5 heteroatoms. The average Bonchev–Trinajstić information content (AvgIpc) is 2.32.